The normalized spacial score (nSPS) is 12.9. The van der Waals surface area contributed by atoms with Gasteiger partial charge >= 0.3 is 0 Å². The minimum Gasteiger partial charge on any atom is -0.456 e. The summed E-state index contributed by atoms with van der Waals surface area (Å²) in [7, 11) is 0. The molecule has 0 N–H and O–H groups in total. The van der Waals surface area contributed by atoms with Crippen LogP contribution in [-0.4, -0.2) is 19.5 Å². The number of hydrogen-bond acceptors (Lipinski definition) is 4. The molecule has 5 nitrogen and oxygen atoms in total. The maximum atomic E-state index is 6.42. The van der Waals surface area contributed by atoms with E-state index in [4.69, 9.17) is 19.4 Å². The third kappa shape index (κ3) is 5.84. The van der Waals surface area contributed by atoms with Crippen LogP contribution in [0.4, 0.5) is 0 Å². The second kappa shape index (κ2) is 14.8. The molecule has 0 bridgehead atoms. The van der Waals surface area contributed by atoms with Gasteiger partial charge in [-0.3, -0.25) is 4.57 Å². The minimum absolute atomic E-state index is 0.194. The van der Waals surface area contributed by atoms with Gasteiger partial charge in [0.15, 0.2) is 11.6 Å². The second-order valence-corrected chi connectivity index (χ2v) is 18.0. The van der Waals surface area contributed by atoms with E-state index in [1.165, 1.54) is 33.0 Å². The Hall–Kier alpha value is -8.41. The summed E-state index contributed by atoms with van der Waals surface area (Å²) >= 11 is 0. The van der Waals surface area contributed by atoms with Gasteiger partial charge in [-0.25, -0.2) is 4.98 Å². The summed E-state index contributed by atoms with van der Waals surface area (Å²) in [5.41, 5.74) is 12.9. The molecule has 14 rings (SSSR count). The molecule has 3 aromatic heterocycles. The van der Waals surface area contributed by atoms with E-state index < -0.39 is 0 Å². The summed E-state index contributed by atoms with van der Waals surface area (Å²) in [4.78, 5) is 16.2. The van der Waals surface area contributed by atoms with Crippen LogP contribution in [0.3, 0.4) is 0 Å². The van der Waals surface area contributed by atoms with Crippen molar-refractivity contribution in [3.8, 4) is 51.0 Å². The van der Waals surface area contributed by atoms with E-state index in [0.29, 0.717) is 17.6 Å². The highest BCUT2D eigenvalue weighted by atomic mass is 16.3. The van der Waals surface area contributed by atoms with Crippen molar-refractivity contribution in [2.24, 2.45) is 0 Å². The van der Waals surface area contributed by atoms with E-state index in [0.717, 1.165) is 87.5 Å². The van der Waals surface area contributed by atoms with Crippen LogP contribution >= 0.6 is 0 Å². The molecule has 13 aromatic rings. The Balaban J connectivity index is 0.00000220. The Bertz CT molecular complexity index is 4170. The number of nitrogens with zero attached hydrogens (tertiary/aromatic N) is 4. The molecular weight excluding hydrogens is 817 g/mol. The second-order valence-electron chi connectivity index (χ2n) is 18.0. The molecule has 1 aliphatic carbocycles. The Morgan fingerprint density at radius 2 is 0.970 bits per heavy atom. The zero-order valence-electron chi connectivity index (χ0n) is 37.7. The molecule has 10 aromatic carbocycles. The van der Waals surface area contributed by atoms with Crippen molar-refractivity contribution in [2.75, 3.05) is 0 Å². The first-order valence-electron chi connectivity index (χ1n) is 23.3. The van der Waals surface area contributed by atoms with Crippen molar-refractivity contribution in [3.63, 3.8) is 0 Å². The van der Waals surface area contributed by atoms with Crippen LogP contribution < -0.4 is 0 Å². The number of furan rings is 1. The number of hydrogen-bond donors (Lipinski definition) is 0. The lowest BCUT2D eigenvalue weighted by Crippen LogP contribution is -2.15. The zero-order chi connectivity index (χ0) is 45.0. The number of aromatic nitrogens is 4. The molecule has 1 aliphatic rings. The fraction of sp³-hybridized carbons (Fsp3) is 0.0806. The van der Waals surface area contributed by atoms with Crippen molar-refractivity contribution in [1.82, 2.24) is 19.5 Å². The lowest BCUT2D eigenvalue weighted by atomic mass is 9.81. The molecule has 318 valence electrons. The molecule has 5 heteroatoms. The monoisotopic (exact) mass is 860 g/mol. The molecule has 0 radical (unpaired) electrons. The van der Waals surface area contributed by atoms with Gasteiger partial charge in [-0.15, -0.1) is 0 Å². The summed E-state index contributed by atoms with van der Waals surface area (Å²) < 4.78 is 8.72. The van der Waals surface area contributed by atoms with Gasteiger partial charge in [-0.05, 0) is 85.1 Å². The van der Waals surface area contributed by atoms with Gasteiger partial charge in [0.05, 0.1) is 11.0 Å². The number of para-hydroxylation sites is 2. The fourth-order valence-electron chi connectivity index (χ4n) is 10.9. The fourth-order valence-corrected chi connectivity index (χ4v) is 10.9. The third-order valence-corrected chi connectivity index (χ3v) is 14.0. The van der Waals surface area contributed by atoms with Crippen molar-refractivity contribution in [1.29, 1.82) is 0 Å². The van der Waals surface area contributed by atoms with E-state index in [-0.39, 0.29) is 5.41 Å². The highest BCUT2D eigenvalue weighted by Gasteiger charge is 2.37. The summed E-state index contributed by atoms with van der Waals surface area (Å²) in [6.45, 7) is 8.73. The van der Waals surface area contributed by atoms with Crippen LogP contribution in [0.15, 0.2) is 199 Å². The summed E-state index contributed by atoms with van der Waals surface area (Å²) in [5, 5.41) is 11.5. The van der Waals surface area contributed by atoms with Crippen LogP contribution in [-0.2, 0) is 5.41 Å². The van der Waals surface area contributed by atoms with E-state index in [1.807, 2.05) is 32.0 Å². The van der Waals surface area contributed by atoms with Crippen LogP contribution in [0, 0.1) is 0 Å². The van der Waals surface area contributed by atoms with E-state index in [1.54, 1.807) is 0 Å². The van der Waals surface area contributed by atoms with Crippen LogP contribution in [0.1, 0.15) is 38.8 Å². The van der Waals surface area contributed by atoms with Gasteiger partial charge in [0.1, 0.15) is 11.2 Å². The molecule has 0 atom stereocenters. The molecule has 0 saturated carbocycles. The topological polar surface area (TPSA) is 56.7 Å². The van der Waals surface area contributed by atoms with Gasteiger partial charge in [-0.1, -0.05) is 191 Å². The van der Waals surface area contributed by atoms with Gasteiger partial charge in [0.2, 0.25) is 5.95 Å². The average Bonchev–Trinajstić information content (AvgIpc) is 4.01. The summed E-state index contributed by atoms with van der Waals surface area (Å²) in [6, 6.07) is 69.6. The van der Waals surface area contributed by atoms with E-state index in [9.17, 15) is 0 Å². The first-order valence-corrected chi connectivity index (χ1v) is 23.3. The number of benzene rings is 10. The lowest BCUT2D eigenvalue weighted by molar-refractivity contribution is 0.661. The molecule has 67 heavy (non-hydrogen) atoms. The molecule has 0 fully saturated rings. The smallest absolute Gasteiger partial charge is 0.238 e. The van der Waals surface area contributed by atoms with E-state index in [2.05, 4.69) is 194 Å². The molecular formula is C62H44N4O. The Morgan fingerprint density at radius 3 is 1.79 bits per heavy atom. The zero-order valence-corrected chi connectivity index (χ0v) is 37.7. The predicted molar refractivity (Wildman–Crippen MR) is 279 cm³/mol. The van der Waals surface area contributed by atoms with Crippen molar-refractivity contribution in [3.05, 3.63) is 205 Å². The first-order chi connectivity index (χ1) is 33.0. The lowest BCUT2D eigenvalue weighted by Gasteiger charge is -2.22. The maximum Gasteiger partial charge on any atom is 0.238 e. The average molecular weight is 861 g/mol. The summed E-state index contributed by atoms with van der Waals surface area (Å²) in [6.07, 6.45) is 0. The standard InChI is InChI=1S/C60H38N4O.C2H6/c1-60(2)50-31-27-36-13-5-7-16-42(36)54(50)49-30-25-39(33-51(49)60)44-19-11-20-47-48-29-24-37-14-6-8-17-43(37)55(48)64(56(44)47)59-62-57(40-23-22-35-12-3-4-15-38(35)32-40)61-58(63-59)41-26-28-46-45-18-9-10-21-52(45)65-53(46)34-41;1-2/h3-34H,1-2H3;1-2H3. The molecule has 0 spiro atoms. The Kier molecular flexibility index (Phi) is 8.62. The SMILES string of the molecule is CC.CC1(C)c2cc(-c3cccc4c5ccc6ccccc6c5n(-c5nc(-c6ccc7ccccc7c6)nc(-c6ccc7c(c6)oc6ccccc67)n5)c34)ccc2-c2c1ccc1ccccc21. The van der Waals surface area contributed by atoms with Gasteiger partial charge < -0.3 is 4.42 Å². The molecule has 0 unspecified atom stereocenters. The molecule has 0 saturated heterocycles. The van der Waals surface area contributed by atoms with Gasteiger partial charge in [0, 0.05) is 49.0 Å². The van der Waals surface area contributed by atoms with E-state index >= 15 is 0 Å². The van der Waals surface area contributed by atoms with Gasteiger partial charge in [-0.2, -0.15) is 9.97 Å². The minimum atomic E-state index is -0.194. The Morgan fingerprint density at radius 1 is 0.388 bits per heavy atom. The molecule has 0 amide bonds. The van der Waals surface area contributed by atoms with Crippen LogP contribution in [0.5, 0.6) is 0 Å². The number of rotatable bonds is 4. The quantitative estimate of drug-likeness (QED) is 0.177. The first kappa shape index (κ1) is 39.0. The van der Waals surface area contributed by atoms with Crippen molar-refractivity contribution in [2.45, 2.75) is 33.1 Å². The largest absolute Gasteiger partial charge is 0.456 e. The highest BCUT2D eigenvalue weighted by Crippen LogP contribution is 2.53. The Labute approximate surface area is 387 Å². The van der Waals surface area contributed by atoms with Gasteiger partial charge in [0.25, 0.3) is 0 Å². The van der Waals surface area contributed by atoms with Crippen molar-refractivity contribution >= 4 is 76.1 Å². The summed E-state index contributed by atoms with van der Waals surface area (Å²) in [5.74, 6) is 1.71. The van der Waals surface area contributed by atoms with Crippen LogP contribution in [0.25, 0.3) is 127 Å². The predicted octanol–water partition coefficient (Wildman–Crippen LogP) is 16.7. The maximum absolute atomic E-state index is 6.42. The third-order valence-electron chi connectivity index (χ3n) is 14.0. The van der Waals surface area contributed by atoms with Crippen molar-refractivity contribution < 1.29 is 4.42 Å². The number of fused-ring (bicyclic) bond motifs is 14. The molecule has 3 heterocycles. The molecule has 0 aliphatic heterocycles. The highest BCUT2D eigenvalue weighted by molar-refractivity contribution is 6.21. The van der Waals surface area contributed by atoms with Crippen LogP contribution in [0.2, 0.25) is 0 Å².